The second-order valence-corrected chi connectivity index (χ2v) is 17.7. The maximum atomic E-state index is 14.1. The van der Waals surface area contributed by atoms with Gasteiger partial charge in [-0.3, -0.25) is 9.59 Å². The molecule has 0 radical (unpaired) electrons. The highest BCUT2D eigenvalue weighted by molar-refractivity contribution is 7.89. The van der Waals surface area contributed by atoms with E-state index in [9.17, 15) is 26.4 Å². The molecule has 1 saturated heterocycles. The Balaban J connectivity index is 1.17. The van der Waals surface area contributed by atoms with Crippen LogP contribution in [0, 0.1) is 13.8 Å². The molecular formula is C38H46N10O8S2. The summed E-state index contributed by atoms with van der Waals surface area (Å²) >= 11 is 0. The molecule has 0 aliphatic carbocycles. The van der Waals surface area contributed by atoms with Crippen molar-refractivity contribution in [1.29, 1.82) is 0 Å². The Labute approximate surface area is 335 Å². The summed E-state index contributed by atoms with van der Waals surface area (Å²) in [6.07, 6.45) is 2.72. The molecule has 6 aromatic rings. The van der Waals surface area contributed by atoms with Crippen LogP contribution >= 0.6 is 0 Å². The van der Waals surface area contributed by atoms with Gasteiger partial charge in [0, 0.05) is 39.0 Å². The van der Waals surface area contributed by atoms with Crippen LogP contribution in [0.1, 0.15) is 63.6 Å². The molecule has 5 heterocycles. The minimum absolute atomic E-state index is 0.0783. The zero-order valence-corrected chi connectivity index (χ0v) is 34.8. The number of aromatic nitrogens is 8. The Morgan fingerprint density at radius 3 is 1.34 bits per heavy atom. The van der Waals surface area contributed by atoms with E-state index in [1.807, 2.05) is 13.8 Å². The number of ether oxygens (including phenoxy) is 2. The Morgan fingerprint density at radius 1 is 0.621 bits per heavy atom. The fourth-order valence-electron chi connectivity index (χ4n) is 7.21. The molecule has 2 N–H and O–H groups in total. The van der Waals surface area contributed by atoms with E-state index in [-0.39, 0.29) is 72.0 Å². The zero-order valence-electron chi connectivity index (χ0n) is 33.2. The lowest BCUT2D eigenvalue weighted by atomic mass is 10.2. The normalized spacial score (nSPS) is 14.4. The van der Waals surface area contributed by atoms with Crippen LogP contribution in [0.3, 0.4) is 0 Å². The molecule has 20 heteroatoms. The predicted octanol–water partition coefficient (Wildman–Crippen LogP) is 3.50. The number of benzene rings is 2. The van der Waals surface area contributed by atoms with E-state index in [0.717, 1.165) is 12.8 Å². The lowest BCUT2D eigenvalue weighted by Crippen LogP contribution is -2.50. The Morgan fingerprint density at radius 2 is 1.00 bits per heavy atom. The van der Waals surface area contributed by atoms with Crippen molar-refractivity contribution in [3.05, 3.63) is 80.1 Å². The van der Waals surface area contributed by atoms with Gasteiger partial charge in [0.1, 0.15) is 23.1 Å². The largest absolute Gasteiger partial charge is 0.493 e. The third kappa shape index (κ3) is 7.29. The molecule has 0 saturated carbocycles. The van der Waals surface area contributed by atoms with Gasteiger partial charge in [-0.05, 0) is 76.9 Å². The van der Waals surface area contributed by atoms with E-state index in [2.05, 4.69) is 30.1 Å². The number of piperazine rings is 1. The van der Waals surface area contributed by atoms with E-state index in [1.165, 1.54) is 54.0 Å². The molecule has 4 aromatic heterocycles. The van der Waals surface area contributed by atoms with Crippen LogP contribution in [0.15, 0.2) is 55.8 Å². The standard InChI is InChI=1S/C38H46N10O8S2/c1-7-11-31-39-23(5)33-37(49)41-35(43-47(31)33)27-21-25(13-15-29(27)55-9-3)57(51,52)45-17-19-46(20-18-45)58(53,54)26-14-16-30(56-10-4)28(22-26)36-42-38(50)34-24(6)40-32(12-8-2)48(34)44-36/h13-16,21-22H,7-12,17-20H2,1-6H3,(H,41,43,49)(H,42,44,50). The third-order valence-electron chi connectivity index (χ3n) is 9.92. The Kier molecular flexibility index (Phi) is 11.3. The monoisotopic (exact) mass is 834 g/mol. The summed E-state index contributed by atoms with van der Waals surface area (Å²) in [5.74, 6) is 2.08. The van der Waals surface area contributed by atoms with Crippen molar-refractivity contribution < 1.29 is 26.3 Å². The van der Waals surface area contributed by atoms with Crippen LogP contribution in [-0.4, -0.2) is 104 Å². The van der Waals surface area contributed by atoms with Crippen LogP contribution in [0.5, 0.6) is 11.5 Å². The number of aryl methyl sites for hydroxylation is 4. The number of fused-ring (bicyclic) bond motifs is 2. The number of nitrogens with zero attached hydrogens (tertiary/aromatic N) is 8. The average Bonchev–Trinajstić information content (AvgIpc) is 3.70. The number of imidazole rings is 2. The van der Waals surface area contributed by atoms with Crippen molar-refractivity contribution in [2.24, 2.45) is 0 Å². The molecule has 1 aliphatic heterocycles. The van der Waals surface area contributed by atoms with Crippen LogP contribution in [0.4, 0.5) is 0 Å². The summed E-state index contributed by atoms with van der Waals surface area (Å²) < 4.78 is 73.6. The molecule has 308 valence electrons. The summed E-state index contributed by atoms with van der Waals surface area (Å²) in [7, 11) is -8.31. The number of hydrogen-bond donors (Lipinski definition) is 2. The molecule has 1 fully saturated rings. The molecular weight excluding hydrogens is 789 g/mol. The first kappa shape index (κ1) is 40.7. The van der Waals surface area contributed by atoms with Gasteiger partial charge in [-0.1, -0.05) is 13.8 Å². The Bertz CT molecular complexity index is 2680. The van der Waals surface area contributed by atoms with E-state index < -0.39 is 31.2 Å². The molecule has 1 aliphatic rings. The number of rotatable bonds is 14. The van der Waals surface area contributed by atoms with Gasteiger partial charge in [0.05, 0.1) is 45.5 Å². The van der Waals surface area contributed by atoms with E-state index >= 15 is 0 Å². The molecule has 58 heavy (non-hydrogen) atoms. The van der Waals surface area contributed by atoms with Gasteiger partial charge < -0.3 is 19.4 Å². The van der Waals surface area contributed by atoms with Crippen molar-refractivity contribution >= 4 is 31.1 Å². The number of hydrogen-bond acceptors (Lipinski definition) is 12. The van der Waals surface area contributed by atoms with Crippen molar-refractivity contribution in [2.45, 2.75) is 77.0 Å². The highest BCUT2D eigenvalue weighted by atomic mass is 32.2. The van der Waals surface area contributed by atoms with Crippen molar-refractivity contribution in [3.63, 3.8) is 0 Å². The zero-order chi connectivity index (χ0) is 41.5. The molecule has 0 bridgehead atoms. The highest BCUT2D eigenvalue weighted by Crippen LogP contribution is 2.34. The number of nitrogens with one attached hydrogen (secondary N) is 2. The average molecular weight is 835 g/mol. The van der Waals surface area contributed by atoms with Crippen LogP contribution < -0.4 is 20.6 Å². The molecule has 7 rings (SSSR count). The first-order valence-corrected chi connectivity index (χ1v) is 22.1. The first-order chi connectivity index (χ1) is 27.7. The van der Waals surface area contributed by atoms with Gasteiger partial charge >= 0.3 is 0 Å². The number of aromatic amines is 2. The van der Waals surface area contributed by atoms with Gasteiger partial charge in [0.25, 0.3) is 11.1 Å². The van der Waals surface area contributed by atoms with Crippen molar-refractivity contribution in [3.8, 4) is 34.3 Å². The topological polar surface area (TPSA) is 219 Å². The second-order valence-electron chi connectivity index (χ2n) is 13.8. The lowest BCUT2D eigenvalue weighted by molar-refractivity contribution is 0.272. The molecule has 0 unspecified atom stereocenters. The lowest BCUT2D eigenvalue weighted by Gasteiger charge is -2.33. The van der Waals surface area contributed by atoms with Gasteiger partial charge in [-0.15, -0.1) is 10.2 Å². The quantitative estimate of drug-likeness (QED) is 0.161. The van der Waals surface area contributed by atoms with Crippen molar-refractivity contribution in [1.82, 2.24) is 47.8 Å². The molecule has 0 amide bonds. The Hall–Kier alpha value is -5.44. The number of H-pyrrole nitrogens is 2. The molecule has 2 aromatic carbocycles. The summed E-state index contributed by atoms with van der Waals surface area (Å²) in [4.78, 5) is 40.9. The minimum atomic E-state index is -4.15. The van der Waals surface area contributed by atoms with Gasteiger partial charge in [0.15, 0.2) is 22.7 Å². The van der Waals surface area contributed by atoms with Crippen LogP contribution in [-0.2, 0) is 32.9 Å². The number of sulfonamides is 2. The third-order valence-corrected chi connectivity index (χ3v) is 13.7. The maximum Gasteiger partial charge on any atom is 0.277 e. The second kappa shape index (κ2) is 16.1. The van der Waals surface area contributed by atoms with Gasteiger partial charge in [0.2, 0.25) is 20.0 Å². The summed E-state index contributed by atoms with van der Waals surface area (Å²) in [6, 6.07) is 8.69. The molecule has 0 spiro atoms. The smallest absolute Gasteiger partial charge is 0.277 e. The van der Waals surface area contributed by atoms with Gasteiger partial charge in [-0.25, -0.2) is 35.8 Å². The van der Waals surface area contributed by atoms with E-state index in [4.69, 9.17) is 9.47 Å². The van der Waals surface area contributed by atoms with Gasteiger partial charge in [-0.2, -0.15) is 8.61 Å². The van der Waals surface area contributed by atoms with Crippen LogP contribution in [0.2, 0.25) is 0 Å². The first-order valence-electron chi connectivity index (χ1n) is 19.2. The molecule has 18 nitrogen and oxygen atoms in total. The van der Waals surface area contributed by atoms with Crippen molar-refractivity contribution in [2.75, 3.05) is 39.4 Å². The van der Waals surface area contributed by atoms with E-state index in [0.29, 0.717) is 58.4 Å². The highest BCUT2D eigenvalue weighted by Gasteiger charge is 2.35. The maximum absolute atomic E-state index is 14.1. The fraction of sp³-hybridized carbons (Fsp3) is 0.421. The summed E-state index contributed by atoms with van der Waals surface area (Å²) in [5, 5.41) is 9.33. The summed E-state index contributed by atoms with van der Waals surface area (Å²) in [6.45, 7) is 11.1. The molecule has 0 atom stereocenters. The SMILES string of the molecule is CCCc1nc(C)c2c(=O)[nH]c(-c3cc(S(=O)(=O)N4CCN(S(=O)(=O)c5ccc(OCC)c(-c6nn7c(CCC)nc(C)c7c(=O)[nH]6)c5)CC4)ccc3OCC)nn12. The summed E-state index contributed by atoms with van der Waals surface area (Å²) in [5.41, 5.74) is 1.36. The predicted molar refractivity (Wildman–Crippen MR) is 215 cm³/mol. The fourth-order valence-corrected chi connectivity index (χ4v) is 10.1. The van der Waals surface area contributed by atoms with E-state index in [1.54, 1.807) is 27.7 Å². The van der Waals surface area contributed by atoms with Crippen LogP contribution in [0.25, 0.3) is 33.8 Å². The minimum Gasteiger partial charge on any atom is -0.493 e.